The first kappa shape index (κ1) is 13.2. The predicted molar refractivity (Wildman–Crippen MR) is 81.6 cm³/mol. The lowest BCUT2D eigenvalue weighted by atomic mass is 9.85. The number of nitrogens with one attached hydrogen (secondary N) is 1. The van der Waals surface area contributed by atoms with E-state index in [2.05, 4.69) is 57.3 Å². The van der Waals surface area contributed by atoms with Crippen molar-refractivity contribution in [2.45, 2.75) is 63.8 Å². The minimum absolute atomic E-state index is 0.260. The van der Waals surface area contributed by atoms with Crippen LogP contribution in [0.1, 0.15) is 58.1 Å². The summed E-state index contributed by atoms with van der Waals surface area (Å²) in [4.78, 5) is 0. The van der Waals surface area contributed by atoms with Gasteiger partial charge in [-0.05, 0) is 53.7 Å². The molecule has 1 nitrogen and oxygen atoms in total. The van der Waals surface area contributed by atoms with Crippen LogP contribution < -0.4 is 5.32 Å². The summed E-state index contributed by atoms with van der Waals surface area (Å²) in [5.74, 6) is 0.841. The van der Waals surface area contributed by atoms with Gasteiger partial charge < -0.3 is 5.32 Å². The van der Waals surface area contributed by atoms with Gasteiger partial charge >= 0.3 is 0 Å². The summed E-state index contributed by atoms with van der Waals surface area (Å²) in [6, 6.07) is 10.2. The smallest absolute Gasteiger partial charge is 0.00683 e. The molecular formula is C18H27N. The number of rotatable bonds is 4. The summed E-state index contributed by atoms with van der Waals surface area (Å²) in [7, 11) is 0. The van der Waals surface area contributed by atoms with Gasteiger partial charge in [0.05, 0.1) is 0 Å². The molecule has 1 heteroatoms. The second-order valence-corrected chi connectivity index (χ2v) is 7.83. The molecule has 0 radical (unpaired) electrons. The molecule has 0 aliphatic heterocycles. The van der Waals surface area contributed by atoms with Gasteiger partial charge in [-0.3, -0.25) is 0 Å². The molecule has 0 spiro atoms. The van der Waals surface area contributed by atoms with Crippen molar-refractivity contribution in [2.24, 2.45) is 5.92 Å². The van der Waals surface area contributed by atoms with Gasteiger partial charge in [-0.15, -0.1) is 0 Å². The first-order chi connectivity index (χ1) is 8.89. The summed E-state index contributed by atoms with van der Waals surface area (Å²) in [6.07, 6.45) is 4.13. The van der Waals surface area contributed by atoms with Crippen LogP contribution in [0.4, 0.5) is 0 Å². The summed E-state index contributed by atoms with van der Waals surface area (Å²) >= 11 is 0. The fourth-order valence-corrected chi connectivity index (χ4v) is 3.05. The topological polar surface area (TPSA) is 12.0 Å². The van der Waals surface area contributed by atoms with Gasteiger partial charge in [-0.25, -0.2) is 0 Å². The number of hydrogen-bond donors (Lipinski definition) is 1. The van der Waals surface area contributed by atoms with Crippen LogP contribution >= 0.6 is 0 Å². The third-order valence-electron chi connectivity index (χ3n) is 5.05. The Morgan fingerprint density at radius 3 is 2.32 bits per heavy atom. The average Bonchev–Trinajstić information content (AvgIpc) is 3.23. The largest absolute Gasteiger partial charge is 0.314 e. The lowest BCUT2D eigenvalue weighted by Gasteiger charge is -2.20. The van der Waals surface area contributed by atoms with Crippen LogP contribution in [0, 0.1) is 5.92 Å². The molecule has 2 fully saturated rings. The van der Waals surface area contributed by atoms with E-state index < -0.39 is 0 Å². The van der Waals surface area contributed by atoms with E-state index in [1.54, 1.807) is 0 Å². The van der Waals surface area contributed by atoms with E-state index in [4.69, 9.17) is 0 Å². The normalized spacial score (nSPS) is 30.4. The molecule has 1 N–H and O–H groups in total. The highest BCUT2D eigenvalue weighted by molar-refractivity contribution is 5.36. The van der Waals surface area contributed by atoms with E-state index in [-0.39, 0.29) is 5.41 Å². The quantitative estimate of drug-likeness (QED) is 0.859. The fraction of sp³-hybridized carbons (Fsp3) is 0.667. The van der Waals surface area contributed by atoms with Crippen molar-refractivity contribution in [3.63, 3.8) is 0 Å². The maximum Gasteiger partial charge on any atom is 0.00683 e. The summed E-state index contributed by atoms with van der Waals surface area (Å²) in [6.45, 7) is 10.5. The van der Waals surface area contributed by atoms with Gasteiger partial charge in [0.2, 0.25) is 0 Å². The highest BCUT2D eigenvalue weighted by Gasteiger charge is 2.50. The number of hydrogen-bond acceptors (Lipinski definition) is 1. The van der Waals surface area contributed by atoms with Crippen molar-refractivity contribution < 1.29 is 0 Å². The lowest BCUT2D eigenvalue weighted by molar-refractivity contribution is 0.572. The van der Waals surface area contributed by atoms with E-state index in [0.29, 0.717) is 5.41 Å². The van der Waals surface area contributed by atoms with Crippen molar-refractivity contribution in [1.82, 2.24) is 5.32 Å². The predicted octanol–water partition coefficient (Wildman–Crippen LogP) is 4.01. The molecule has 0 amide bonds. The van der Waals surface area contributed by atoms with E-state index in [0.717, 1.165) is 12.0 Å². The van der Waals surface area contributed by atoms with Crippen LogP contribution in [0.15, 0.2) is 24.3 Å². The molecule has 1 aromatic carbocycles. The number of benzene rings is 1. The molecular weight excluding hydrogens is 230 g/mol. The van der Waals surface area contributed by atoms with Gasteiger partial charge in [0.1, 0.15) is 0 Å². The Labute approximate surface area is 117 Å². The van der Waals surface area contributed by atoms with Crippen molar-refractivity contribution in [2.75, 3.05) is 6.54 Å². The van der Waals surface area contributed by atoms with E-state index in [9.17, 15) is 0 Å². The second-order valence-electron chi connectivity index (χ2n) is 7.83. The highest BCUT2D eigenvalue weighted by Crippen LogP contribution is 2.53. The van der Waals surface area contributed by atoms with Crippen LogP contribution in [0.2, 0.25) is 0 Å². The standard InChI is InChI=1S/C18H27N/c1-17(2,3)13-5-7-14(8-6-13)18(4)11-15(18)12-19-16-9-10-16/h5-8,15-16,19H,9-12H2,1-4H3. The molecule has 2 saturated carbocycles. The van der Waals surface area contributed by atoms with Crippen LogP contribution in [-0.4, -0.2) is 12.6 Å². The molecule has 0 saturated heterocycles. The molecule has 2 atom stereocenters. The molecule has 2 unspecified atom stereocenters. The lowest BCUT2D eigenvalue weighted by Crippen LogP contribution is -2.22. The van der Waals surface area contributed by atoms with Crippen molar-refractivity contribution in [3.8, 4) is 0 Å². The van der Waals surface area contributed by atoms with Gasteiger partial charge in [0.25, 0.3) is 0 Å². The monoisotopic (exact) mass is 257 g/mol. The Balaban J connectivity index is 1.65. The minimum Gasteiger partial charge on any atom is -0.314 e. The van der Waals surface area contributed by atoms with Gasteiger partial charge in [0, 0.05) is 6.04 Å². The molecule has 104 valence electrons. The zero-order valence-corrected chi connectivity index (χ0v) is 12.8. The van der Waals surface area contributed by atoms with Crippen molar-refractivity contribution >= 4 is 0 Å². The average molecular weight is 257 g/mol. The maximum atomic E-state index is 3.68. The Bertz CT molecular complexity index is 450. The van der Waals surface area contributed by atoms with Gasteiger partial charge in [-0.2, -0.15) is 0 Å². The van der Waals surface area contributed by atoms with Crippen LogP contribution in [0.5, 0.6) is 0 Å². The molecule has 0 bridgehead atoms. The summed E-state index contributed by atoms with van der Waals surface area (Å²) in [5, 5.41) is 3.68. The SMILES string of the molecule is CC(C)(C)c1ccc(C2(C)CC2CNC2CC2)cc1. The molecule has 1 aromatic rings. The molecule has 3 rings (SSSR count). The molecule has 0 heterocycles. The molecule has 2 aliphatic rings. The van der Waals surface area contributed by atoms with Crippen molar-refractivity contribution in [1.29, 1.82) is 0 Å². The fourth-order valence-electron chi connectivity index (χ4n) is 3.05. The van der Waals surface area contributed by atoms with Gasteiger partial charge in [0.15, 0.2) is 0 Å². The third-order valence-corrected chi connectivity index (χ3v) is 5.05. The zero-order chi connectivity index (χ0) is 13.7. The molecule has 19 heavy (non-hydrogen) atoms. The Morgan fingerprint density at radius 1 is 1.16 bits per heavy atom. The minimum atomic E-state index is 0.260. The Hall–Kier alpha value is -0.820. The molecule has 0 aromatic heterocycles. The van der Waals surface area contributed by atoms with E-state index >= 15 is 0 Å². The zero-order valence-electron chi connectivity index (χ0n) is 12.8. The van der Waals surface area contributed by atoms with Crippen molar-refractivity contribution in [3.05, 3.63) is 35.4 Å². The van der Waals surface area contributed by atoms with Crippen LogP contribution in [0.3, 0.4) is 0 Å². The van der Waals surface area contributed by atoms with Crippen LogP contribution in [0.25, 0.3) is 0 Å². The Kier molecular flexibility index (Phi) is 3.01. The summed E-state index contributed by atoms with van der Waals surface area (Å²) < 4.78 is 0. The van der Waals surface area contributed by atoms with E-state index in [1.807, 2.05) is 0 Å². The highest BCUT2D eigenvalue weighted by atomic mass is 15.0. The first-order valence-corrected chi connectivity index (χ1v) is 7.74. The maximum absolute atomic E-state index is 3.68. The summed E-state index contributed by atoms with van der Waals surface area (Å²) in [5.41, 5.74) is 3.66. The third kappa shape index (κ3) is 2.72. The second kappa shape index (κ2) is 4.34. The first-order valence-electron chi connectivity index (χ1n) is 7.74. The van der Waals surface area contributed by atoms with Crippen LogP contribution in [-0.2, 0) is 10.8 Å². The van der Waals surface area contributed by atoms with Gasteiger partial charge in [-0.1, -0.05) is 52.0 Å². The molecule has 2 aliphatic carbocycles. The Morgan fingerprint density at radius 2 is 1.79 bits per heavy atom. The van der Waals surface area contributed by atoms with E-state index in [1.165, 1.54) is 36.9 Å².